The summed E-state index contributed by atoms with van der Waals surface area (Å²) in [7, 11) is 1.70. The number of fused-ring (bicyclic) bond motifs is 3. The monoisotopic (exact) mass is 289 g/mol. The highest BCUT2D eigenvalue weighted by Crippen LogP contribution is 2.38. The Morgan fingerprint density at radius 2 is 2.00 bits per heavy atom. The van der Waals surface area contributed by atoms with E-state index in [9.17, 15) is 0 Å². The lowest BCUT2D eigenvalue weighted by Crippen LogP contribution is -1.87. The standard InChI is InChI=1S/C14H12BrNO/c1-8-7-11(17-2)14-12(13(8)15)9-5-3-4-6-10(9)16-14/h3-7,16H,1-2H3. The van der Waals surface area contributed by atoms with Crippen molar-refractivity contribution in [1.29, 1.82) is 0 Å². The minimum atomic E-state index is 0.886. The SMILES string of the molecule is COc1cc(C)c(Br)c2c1[nH]c1ccccc12. The normalized spacial score (nSPS) is 11.2. The van der Waals surface area contributed by atoms with Gasteiger partial charge in [0.15, 0.2) is 0 Å². The molecule has 0 aliphatic rings. The zero-order valence-electron chi connectivity index (χ0n) is 9.67. The van der Waals surface area contributed by atoms with Gasteiger partial charge in [-0.2, -0.15) is 0 Å². The third kappa shape index (κ3) is 1.46. The van der Waals surface area contributed by atoms with Crippen molar-refractivity contribution in [3.63, 3.8) is 0 Å². The Morgan fingerprint density at radius 1 is 1.24 bits per heavy atom. The van der Waals surface area contributed by atoms with Crippen LogP contribution in [0.3, 0.4) is 0 Å². The second-order valence-electron chi connectivity index (χ2n) is 4.13. The first-order valence-electron chi connectivity index (χ1n) is 5.46. The van der Waals surface area contributed by atoms with Crippen LogP contribution in [0.1, 0.15) is 5.56 Å². The Morgan fingerprint density at radius 3 is 2.76 bits per heavy atom. The number of benzene rings is 2. The highest BCUT2D eigenvalue weighted by atomic mass is 79.9. The lowest BCUT2D eigenvalue weighted by molar-refractivity contribution is 0.418. The molecule has 1 N–H and O–H groups in total. The van der Waals surface area contributed by atoms with Crippen molar-refractivity contribution in [2.45, 2.75) is 6.92 Å². The minimum Gasteiger partial charge on any atom is -0.495 e. The highest BCUT2D eigenvalue weighted by molar-refractivity contribution is 9.10. The second kappa shape index (κ2) is 3.77. The summed E-state index contributed by atoms with van der Waals surface area (Å²) >= 11 is 3.67. The van der Waals surface area contributed by atoms with Crippen molar-refractivity contribution < 1.29 is 4.74 Å². The Labute approximate surface area is 108 Å². The average molecular weight is 290 g/mol. The Balaban J connectivity index is 2.60. The molecular formula is C14H12BrNO. The molecule has 0 bridgehead atoms. The maximum atomic E-state index is 5.44. The van der Waals surface area contributed by atoms with Crippen molar-refractivity contribution in [3.8, 4) is 5.75 Å². The van der Waals surface area contributed by atoms with Crippen molar-refractivity contribution in [3.05, 3.63) is 40.4 Å². The van der Waals surface area contributed by atoms with Crippen LogP contribution in [0.4, 0.5) is 0 Å². The molecule has 0 unspecified atom stereocenters. The second-order valence-corrected chi connectivity index (χ2v) is 4.92. The molecule has 0 fully saturated rings. The van der Waals surface area contributed by atoms with Crippen LogP contribution in [0.15, 0.2) is 34.8 Å². The molecule has 2 aromatic carbocycles. The Kier molecular flexibility index (Phi) is 2.37. The molecule has 2 nitrogen and oxygen atoms in total. The van der Waals surface area contributed by atoms with Gasteiger partial charge in [0.25, 0.3) is 0 Å². The fourth-order valence-electron chi connectivity index (χ4n) is 2.25. The Hall–Kier alpha value is -1.48. The van der Waals surface area contributed by atoms with E-state index in [0.29, 0.717) is 0 Å². The first-order chi connectivity index (χ1) is 8.22. The molecule has 0 radical (unpaired) electrons. The van der Waals surface area contributed by atoms with Crippen molar-refractivity contribution >= 4 is 37.7 Å². The van der Waals surface area contributed by atoms with E-state index in [1.165, 1.54) is 16.3 Å². The van der Waals surface area contributed by atoms with E-state index in [-0.39, 0.29) is 0 Å². The number of nitrogens with one attached hydrogen (secondary N) is 1. The number of H-pyrrole nitrogens is 1. The number of methoxy groups -OCH3 is 1. The van der Waals surface area contributed by atoms with E-state index in [1.54, 1.807) is 7.11 Å². The molecule has 1 heterocycles. The summed E-state index contributed by atoms with van der Waals surface area (Å²) in [6.07, 6.45) is 0. The van der Waals surface area contributed by atoms with Crippen LogP contribution in [-0.2, 0) is 0 Å². The van der Waals surface area contributed by atoms with Gasteiger partial charge >= 0.3 is 0 Å². The molecule has 0 aliphatic heterocycles. The smallest absolute Gasteiger partial charge is 0.143 e. The van der Waals surface area contributed by atoms with Crippen molar-refractivity contribution in [2.24, 2.45) is 0 Å². The molecule has 3 heteroatoms. The summed E-state index contributed by atoms with van der Waals surface area (Å²) in [5.41, 5.74) is 3.36. The van der Waals surface area contributed by atoms with Crippen LogP contribution < -0.4 is 4.74 Å². The number of para-hydroxylation sites is 1. The zero-order valence-corrected chi connectivity index (χ0v) is 11.3. The molecule has 0 saturated heterocycles. The predicted octanol–water partition coefficient (Wildman–Crippen LogP) is 4.40. The van der Waals surface area contributed by atoms with Crippen LogP contribution in [-0.4, -0.2) is 12.1 Å². The number of aromatic amines is 1. The van der Waals surface area contributed by atoms with E-state index >= 15 is 0 Å². The first kappa shape index (κ1) is 10.7. The molecule has 0 spiro atoms. The van der Waals surface area contributed by atoms with Crippen molar-refractivity contribution in [2.75, 3.05) is 7.11 Å². The van der Waals surface area contributed by atoms with E-state index in [1.807, 2.05) is 12.1 Å². The molecule has 1 aromatic heterocycles. The van der Waals surface area contributed by atoms with E-state index in [2.05, 4.69) is 46.0 Å². The number of hydrogen-bond acceptors (Lipinski definition) is 1. The van der Waals surface area contributed by atoms with Gasteiger partial charge in [-0.15, -0.1) is 0 Å². The molecular weight excluding hydrogens is 278 g/mol. The molecule has 17 heavy (non-hydrogen) atoms. The highest BCUT2D eigenvalue weighted by Gasteiger charge is 2.13. The van der Waals surface area contributed by atoms with Gasteiger partial charge in [0.2, 0.25) is 0 Å². The summed E-state index contributed by atoms with van der Waals surface area (Å²) < 4.78 is 6.57. The third-order valence-corrected chi connectivity index (χ3v) is 4.11. The maximum absolute atomic E-state index is 5.44. The largest absolute Gasteiger partial charge is 0.495 e. The molecule has 0 amide bonds. The zero-order chi connectivity index (χ0) is 12.0. The van der Waals surface area contributed by atoms with Crippen LogP contribution >= 0.6 is 15.9 Å². The summed E-state index contributed by atoms with van der Waals surface area (Å²) in [5, 5.41) is 2.41. The van der Waals surface area contributed by atoms with Gasteiger partial charge in [-0.25, -0.2) is 0 Å². The number of hydrogen-bond donors (Lipinski definition) is 1. The molecule has 0 saturated carbocycles. The van der Waals surface area contributed by atoms with Gasteiger partial charge in [0, 0.05) is 20.8 Å². The number of halogens is 1. The molecule has 0 atom stereocenters. The lowest BCUT2D eigenvalue weighted by Gasteiger charge is -2.06. The fraction of sp³-hybridized carbons (Fsp3) is 0.143. The third-order valence-electron chi connectivity index (χ3n) is 3.09. The van der Waals surface area contributed by atoms with Gasteiger partial charge in [0.1, 0.15) is 5.75 Å². The van der Waals surface area contributed by atoms with E-state index in [0.717, 1.165) is 21.3 Å². The van der Waals surface area contributed by atoms with Gasteiger partial charge in [-0.05, 0) is 40.5 Å². The summed E-state index contributed by atoms with van der Waals surface area (Å²) in [6, 6.07) is 10.3. The maximum Gasteiger partial charge on any atom is 0.143 e. The first-order valence-corrected chi connectivity index (χ1v) is 6.25. The van der Waals surface area contributed by atoms with Crippen LogP contribution in [0, 0.1) is 6.92 Å². The topological polar surface area (TPSA) is 25.0 Å². The lowest BCUT2D eigenvalue weighted by atomic mass is 10.1. The molecule has 86 valence electrons. The fourth-order valence-corrected chi connectivity index (χ4v) is 2.77. The van der Waals surface area contributed by atoms with Crippen LogP contribution in [0.25, 0.3) is 21.8 Å². The summed E-state index contributed by atoms with van der Waals surface area (Å²) in [6.45, 7) is 2.08. The number of aryl methyl sites for hydroxylation is 1. The molecule has 3 aromatic rings. The Bertz CT molecular complexity index is 715. The molecule has 3 rings (SSSR count). The number of ether oxygens (including phenoxy) is 1. The van der Waals surface area contributed by atoms with Crippen LogP contribution in [0.2, 0.25) is 0 Å². The van der Waals surface area contributed by atoms with Crippen LogP contribution in [0.5, 0.6) is 5.75 Å². The van der Waals surface area contributed by atoms with Gasteiger partial charge in [0.05, 0.1) is 12.6 Å². The predicted molar refractivity (Wildman–Crippen MR) is 74.8 cm³/mol. The average Bonchev–Trinajstić information content (AvgIpc) is 2.73. The van der Waals surface area contributed by atoms with E-state index in [4.69, 9.17) is 4.74 Å². The summed E-state index contributed by atoms with van der Waals surface area (Å²) in [4.78, 5) is 3.41. The number of rotatable bonds is 1. The van der Waals surface area contributed by atoms with Gasteiger partial charge in [-0.1, -0.05) is 18.2 Å². The van der Waals surface area contributed by atoms with Gasteiger partial charge < -0.3 is 9.72 Å². The molecule has 0 aliphatic carbocycles. The minimum absolute atomic E-state index is 0.886. The summed E-state index contributed by atoms with van der Waals surface area (Å²) in [5.74, 6) is 0.886. The van der Waals surface area contributed by atoms with E-state index < -0.39 is 0 Å². The number of aromatic nitrogens is 1. The van der Waals surface area contributed by atoms with Crippen molar-refractivity contribution in [1.82, 2.24) is 4.98 Å². The van der Waals surface area contributed by atoms with Gasteiger partial charge in [-0.3, -0.25) is 0 Å². The quantitative estimate of drug-likeness (QED) is 0.706.